The van der Waals surface area contributed by atoms with Crippen LogP contribution in [-0.2, 0) is 4.79 Å². The summed E-state index contributed by atoms with van der Waals surface area (Å²) in [6, 6.07) is 2.18. The average Bonchev–Trinajstić information content (AvgIpc) is 2.16. The number of thioether (sulfide) groups is 1. The van der Waals surface area contributed by atoms with Crippen molar-refractivity contribution < 1.29 is 4.79 Å². The van der Waals surface area contributed by atoms with Gasteiger partial charge in [-0.3, -0.25) is 4.79 Å². The van der Waals surface area contributed by atoms with Crippen molar-refractivity contribution in [3.8, 4) is 6.07 Å². The number of nitrogens with zero attached hydrogens (tertiary/aromatic N) is 1. The minimum Gasteiger partial charge on any atom is -0.351 e. The summed E-state index contributed by atoms with van der Waals surface area (Å²) in [6.07, 6.45) is 2.54. The maximum absolute atomic E-state index is 11.7. The van der Waals surface area contributed by atoms with Gasteiger partial charge in [0, 0.05) is 11.8 Å². The van der Waals surface area contributed by atoms with Gasteiger partial charge in [-0.25, -0.2) is 0 Å². The van der Waals surface area contributed by atoms with Crippen LogP contribution in [0, 0.1) is 16.7 Å². The van der Waals surface area contributed by atoms with E-state index in [-0.39, 0.29) is 11.9 Å². The van der Waals surface area contributed by atoms with Gasteiger partial charge in [-0.05, 0) is 26.5 Å². The van der Waals surface area contributed by atoms with E-state index in [1.165, 1.54) is 0 Å². The molecule has 80 valence electrons. The molecule has 0 saturated carbocycles. The molecule has 0 aliphatic rings. The third kappa shape index (κ3) is 3.59. The molecule has 0 spiro atoms. The molecule has 1 N–H and O–H groups in total. The molecule has 0 radical (unpaired) electrons. The largest absolute Gasteiger partial charge is 0.351 e. The molecular weight excluding hydrogens is 196 g/mol. The molecule has 2 atom stereocenters. The summed E-state index contributed by atoms with van der Waals surface area (Å²) in [7, 11) is 0. The number of carbonyl (C=O) groups is 1. The fourth-order valence-corrected chi connectivity index (χ4v) is 1.55. The summed E-state index contributed by atoms with van der Waals surface area (Å²) in [4.78, 5) is 11.7. The first-order chi connectivity index (χ1) is 6.50. The second-order valence-electron chi connectivity index (χ2n) is 3.63. The van der Waals surface area contributed by atoms with Crippen molar-refractivity contribution in [3.63, 3.8) is 0 Å². The van der Waals surface area contributed by atoms with Crippen molar-refractivity contribution in [2.45, 2.75) is 33.2 Å². The lowest BCUT2D eigenvalue weighted by Gasteiger charge is -2.21. The first-order valence-corrected chi connectivity index (χ1v) is 6.10. The lowest BCUT2D eigenvalue weighted by Crippen LogP contribution is -2.43. The van der Waals surface area contributed by atoms with Gasteiger partial charge >= 0.3 is 0 Å². The summed E-state index contributed by atoms with van der Waals surface area (Å²) in [5, 5.41) is 11.7. The monoisotopic (exact) mass is 214 g/mol. The molecule has 0 saturated heterocycles. The zero-order valence-electron chi connectivity index (χ0n) is 9.26. The van der Waals surface area contributed by atoms with Crippen molar-refractivity contribution in [1.29, 1.82) is 5.26 Å². The number of rotatable bonds is 5. The van der Waals surface area contributed by atoms with Gasteiger partial charge in [-0.1, -0.05) is 6.92 Å². The molecule has 0 rings (SSSR count). The van der Waals surface area contributed by atoms with Crippen molar-refractivity contribution in [2.75, 3.05) is 12.0 Å². The molecule has 0 bridgehead atoms. The van der Waals surface area contributed by atoms with E-state index in [0.717, 1.165) is 5.75 Å². The lowest BCUT2D eigenvalue weighted by atomic mass is 9.88. The van der Waals surface area contributed by atoms with E-state index in [1.807, 2.05) is 20.1 Å². The van der Waals surface area contributed by atoms with E-state index in [1.54, 1.807) is 18.7 Å². The van der Waals surface area contributed by atoms with Gasteiger partial charge in [0.25, 0.3) is 0 Å². The Kier molecular flexibility index (Phi) is 5.63. The number of hydrogen-bond acceptors (Lipinski definition) is 3. The van der Waals surface area contributed by atoms with Crippen LogP contribution < -0.4 is 5.32 Å². The van der Waals surface area contributed by atoms with E-state index >= 15 is 0 Å². The Hall–Kier alpha value is -0.690. The molecule has 0 aliphatic heterocycles. The van der Waals surface area contributed by atoms with Crippen LogP contribution in [-0.4, -0.2) is 24.0 Å². The number of amides is 1. The van der Waals surface area contributed by atoms with Crippen molar-refractivity contribution >= 4 is 17.7 Å². The Morgan fingerprint density at radius 3 is 2.64 bits per heavy atom. The minimum absolute atomic E-state index is 0.122. The predicted octanol–water partition coefficient (Wildman–Crippen LogP) is 1.79. The quantitative estimate of drug-likeness (QED) is 0.759. The highest BCUT2D eigenvalue weighted by atomic mass is 32.2. The van der Waals surface area contributed by atoms with E-state index in [0.29, 0.717) is 6.42 Å². The third-order valence-electron chi connectivity index (χ3n) is 2.25. The summed E-state index contributed by atoms with van der Waals surface area (Å²) >= 11 is 1.68. The van der Waals surface area contributed by atoms with E-state index in [2.05, 4.69) is 11.4 Å². The highest BCUT2D eigenvalue weighted by Crippen LogP contribution is 2.19. The zero-order chi connectivity index (χ0) is 11.2. The minimum atomic E-state index is -0.882. The highest BCUT2D eigenvalue weighted by molar-refractivity contribution is 7.98. The van der Waals surface area contributed by atoms with E-state index < -0.39 is 5.41 Å². The van der Waals surface area contributed by atoms with E-state index in [4.69, 9.17) is 5.26 Å². The topological polar surface area (TPSA) is 52.9 Å². The maximum Gasteiger partial charge on any atom is 0.240 e. The second kappa shape index (κ2) is 5.92. The lowest BCUT2D eigenvalue weighted by molar-refractivity contribution is -0.128. The summed E-state index contributed by atoms with van der Waals surface area (Å²) in [6.45, 7) is 5.47. The molecule has 14 heavy (non-hydrogen) atoms. The van der Waals surface area contributed by atoms with E-state index in [9.17, 15) is 4.79 Å². The van der Waals surface area contributed by atoms with Crippen LogP contribution in [0.4, 0.5) is 0 Å². The van der Waals surface area contributed by atoms with Gasteiger partial charge in [0.2, 0.25) is 5.91 Å². The van der Waals surface area contributed by atoms with Crippen LogP contribution in [0.1, 0.15) is 27.2 Å². The molecule has 4 heteroatoms. The van der Waals surface area contributed by atoms with Gasteiger partial charge in [-0.15, -0.1) is 0 Å². The fraction of sp³-hybridized carbons (Fsp3) is 0.800. The van der Waals surface area contributed by atoms with Crippen LogP contribution in [0.5, 0.6) is 0 Å². The maximum atomic E-state index is 11.7. The molecule has 3 nitrogen and oxygen atoms in total. The van der Waals surface area contributed by atoms with Crippen LogP contribution in [0.3, 0.4) is 0 Å². The molecule has 2 unspecified atom stereocenters. The zero-order valence-corrected chi connectivity index (χ0v) is 10.1. The van der Waals surface area contributed by atoms with Crippen LogP contribution in [0.2, 0.25) is 0 Å². The summed E-state index contributed by atoms with van der Waals surface area (Å²) in [5.41, 5.74) is -0.882. The van der Waals surface area contributed by atoms with Gasteiger partial charge in [0.1, 0.15) is 5.41 Å². The first-order valence-electron chi connectivity index (χ1n) is 4.71. The molecular formula is C10H18N2OS. The molecule has 0 fully saturated rings. The van der Waals surface area contributed by atoms with Crippen LogP contribution >= 0.6 is 11.8 Å². The van der Waals surface area contributed by atoms with Crippen molar-refractivity contribution in [3.05, 3.63) is 0 Å². The molecule has 0 aromatic carbocycles. The van der Waals surface area contributed by atoms with Crippen LogP contribution in [0.15, 0.2) is 0 Å². The Balaban J connectivity index is 4.27. The first kappa shape index (κ1) is 13.3. The van der Waals surface area contributed by atoms with Gasteiger partial charge in [0.05, 0.1) is 6.07 Å². The summed E-state index contributed by atoms with van der Waals surface area (Å²) < 4.78 is 0. The number of hydrogen-bond donors (Lipinski definition) is 1. The Bertz CT molecular complexity index is 237. The molecule has 0 aromatic heterocycles. The number of carbonyl (C=O) groups excluding carboxylic acids is 1. The number of nitrogens with one attached hydrogen (secondary N) is 1. The second-order valence-corrected chi connectivity index (χ2v) is 4.54. The molecule has 0 aromatic rings. The Labute approximate surface area is 90.3 Å². The normalized spacial score (nSPS) is 16.5. The SMILES string of the molecule is CCC(C)(C#N)C(=O)NC(C)CSC. The summed E-state index contributed by atoms with van der Waals surface area (Å²) in [5.74, 6) is 0.709. The third-order valence-corrected chi connectivity index (χ3v) is 3.08. The van der Waals surface area contributed by atoms with Crippen molar-refractivity contribution in [2.24, 2.45) is 5.41 Å². The van der Waals surface area contributed by atoms with Gasteiger partial charge < -0.3 is 5.32 Å². The van der Waals surface area contributed by atoms with Crippen molar-refractivity contribution in [1.82, 2.24) is 5.32 Å². The predicted molar refractivity (Wildman–Crippen MR) is 60.0 cm³/mol. The van der Waals surface area contributed by atoms with Gasteiger partial charge in [-0.2, -0.15) is 17.0 Å². The standard InChI is InChI=1S/C10H18N2OS/c1-5-10(3,7-11)9(13)12-8(2)6-14-4/h8H,5-6H2,1-4H3,(H,12,13). The van der Waals surface area contributed by atoms with Crippen LogP contribution in [0.25, 0.3) is 0 Å². The Morgan fingerprint density at radius 2 is 2.29 bits per heavy atom. The van der Waals surface area contributed by atoms with Gasteiger partial charge in [0.15, 0.2) is 0 Å². The smallest absolute Gasteiger partial charge is 0.240 e. The average molecular weight is 214 g/mol. The molecule has 0 aliphatic carbocycles. The number of nitriles is 1. The molecule has 1 amide bonds. The fourth-order valence-electron chi connectivity index (χ4n) is 0.965. The molecule has 0 heterocycles. The highest BCUT2D eigenvalue weighted by Gasteiger charge is 2.31. The Morgan fingerprint density at radius 1 is 1.71 bits per heavy atom.